The van der Waals surface area contributed by atoms with Gasteiger partial charge in [0.25, 0.3) is 17.4 Å². The molecule has 1 aromatic carbocycles. The quantitative estimate of drug-likeness (QED) is 0.679. The van der Waals surface area contributed by atoms with Crippen molar-refractivity contribution < 1.29 is 23.8 Å². The third kappa shape index (κ3) is 3.97. The van der Waals surface area contributed by atoms with Crippen LogP contribution in [0.25, 0.3) is 0 Å². The monoisotopic (exact) mass is 404 g/mol. The molecular weight excluding hydrogens is 383 g/mol. The molecule has 1 unspecified atom stereocenters. The Labute approximate surface area is 165 Å². The Bertz CT molecular complexity index is 1020. The lowest BCUT2D eigenvalue weighted by atomic mass is 10.1. The minimum Gasteiger partial charge on any atom is -0.501 e. The zero-order valence-corrected chi connectivity index (χ0v) is 16.0. The second-order valence-electron chi connectivity index (χ2n) is 6.45. The molecule has 0 fully saturated rings. The summed E-state index contributed by atoms with van der Waals surface area (Å²) >= 11 is 0. The van der Waals surface area contributed by atoms with E-state index in [0.29, 0.717) is 18.6 Å². The van der Waals surface area contributed by atoms with Crippen LogP contribution < -0.4 is 16.2 Å². The molecule has 3 rings (SSSR count). The summed E-state index contributed by atoms with van der Waals surface area (Å²) in [4.78, 5) is 41.1. The highest BCUT2D eigenvalue weighted by Gasteiger charge is 2.28. The number of ether oxygens (including phenoxy) is 1. The van der Waals surface area contributed by atoms with Crippen molar-refractivity contribution in [3.63, 3.8) is 0 Å². The van der Waals surface area contributed by atoms with Gasteiger partial charge in [0.15, 0.2) is 5.69 Å². The Morgan fingerprint density at radius 2 is 2.14 bits per heavy atom. The van der Waals surface area contributed by atoms with Crippen molar-refractivity contribution in [2.75, 3.05) is 13.7 Å². The molecule has 3 N–H and O–H groups in total. The Balaban J connectivity index is 1.88. The average molecular weight is 404 g/mol. The lowest BCUT2D eigenvalue weighted by molar-refractivity contribution is 0.0113. The number of aromatic hydroxyl groups is 1. The van der Waals surface area contributed by atoms with Gasteiger partial charge in [-0.15, -0.1) is 0 Å². The van der Waals surface area contributed by atoms with Gasteiger partial charge in [-0.25, -0.2) is 9.37 Å². The van der Waals surface area contributed by atoms with E-state index in [1.165, 1.54) is 17.7 Å². The molecule has 0 bridgehead atoms. The van der Waals surface area contributed by atoms with Crippen LogP contribution in [0, 0.1) is 5.82 Å². The van der Waals surface area contributed by atoms with E-state index in [2.05, 4.69) is 15.6 Å². The number of fused-ring (bicyclic) bond motifs is 1. The van der Waals surface area contributed by atoms with Crippen molar-refractivity contribution in [1.82, 2.24) is 20.2 Å². The fourth-order valence-corrected chi connectivity index (χ4v) is 3.15. The smallest absolute Gasteiger partial charge is 0.296 e. The number of amides is 2. The maximum absolute atomic E-state index is 13.5. The molecular formula is C19H21FN4O5. The standard InChI is InChI=1S/C19H21FN4O5/c1-3-13-16-23-14(15(25)19(28)24(16)6-7-29-13)18(27)22-9-10-4-5-11(20)8-12(10)17(26)21-2/h4-5,8,13,25H,3,6-7,9H2,1-2H3,(H,21,26)(H,22,27). The number of rotatable bonds is 5. The third-order valence-electron chi connectivity index (χ3n) is 4.67. The van der Waals surface area contributed by atoms with Gasteiger partial charge in [-0.2, -0.15) is 0 Å². The van der Waals surface area contributed by atoms with E-state index in [1.807, 2.05) is 6.92 Å². The van der Waals surface area contributed by atoms with Gasteiger partial charge in [0.1, 0.15) is 17.7 Å². The first kappa shape index (κ1) is 20.5. The molecule has 2 heterocycles. The van der Waals surface area contributed by atoms with Crippen molar-refractivity contribution in [1.29, 1.82) is 0 Å². The first-order valence-corrected chi connectivity index (χ1v) is 9.11. The molecule has 10 heteroatoms. The topological polar surface area (TPSA) is 123 Å². The zero-order chi connectivity index (χ0) is 21.1. The molecule has 1 aliphatic heterocycles. The summed E-state index contributed by atoms with van der Waals surface area (Å²) in [5.41, 5.74) is -0.707. The molecule has 2 amide bonds. The minimum absolute atomic E-state index is 0.0648. The molecule has 0 aliphatic carbocycles. The van der Waals surface area contributed by atoms with Crippen molar-refractivity contribution in [3.8, 4) is 5.75 Å². The Kier molecular flexibility index (Phi) is 5.92. The number of carbonyl (C=O) groups excluding carboxylic acids is 2. The fourth-order valence-electron chi connectivity index (χ4n) is 3.15. The summed E-state index contributed by atoms with van der Waals surface area (Å²) in [6, 6.07) is 3.60. The van der Waals surface area contributed by atoms with E-state index in [0.717, 1.165) is 12.1 Å². The van der Waals surface area contributed by atoms with Crippen LogP contribution in [0.15, 0.2) is 23.0 Å². The van der Waals surface area contributed by atoms with Crippen LogP contribution in [0.1, 0.15) is 51.7 Å². The second kappa shape index (κ2) is 8.39. The highest BCUT2D eigenvalue weighted by molar-refractivity contribution is 5.96. The van der Waals surface area contributed by atoms with E-state index >= 15 is 0 Å². The molecule has 9 nitrogen and oxygen atoms in total. The molecule has 1 aromatic heterocycles. The third-order valence-corrected chi connectivity index (χ3v) is 4.67. The van der Waals surface area contributed by atoms with Crippen molar-refractivity contribution >= 4 is 11.8 Å². The van der Waals surface area contributed by atoms with Crippen LogP contribution in [-0.4, -0.2) is 40.1 Å². The molecule has 154 valence electrons. The summed E-state index contributed by atoms with van der Waals surface area (Å²) in [5.74, 6) is -2.38. The highest BCUT2D eigenvalue weighted by atomic mass is 19.1. The summed E-state index contributed by atoms with van der Waals surface area (Å²) in [6.45, 7) is 2.27. The molecule has 1 aliphatic rings. The number of nitrogens with one attached hydrogen (secondary N) is 2. The van der Waals surface area contributed by atoms with Gasteiger partial charge in [-0.05, 0) is 24.1 Å². The van der Waals surface area contributed by atoms with Crippen LogP contribution in [0.3, 0.4) is 0 Å². The maximum Gasteiger partial charge on any atom is 0.296 e. The maximum atomic E-state index is 13.5. The van der Waals surface area contributed by atoms with Crippen LogP contribution in [0.2, 0.25) is 0 Å². The Hall–Kier alpha value is -3.27. The lowest BCUT2D eigenvalue weighted by Gasteiger charge is -2.26. The van der Waals surface area contributed by atoms with Gasteiger partial charge in [0.05, 0.1) is 13.2 Å². The number of aromatic nitrogens is 2. The van der Waals surface area contributed by atoms with Gasteiger partial charge in [-0.3, -0.25) is 19.0 Å². The summed E-state index contributed by atoms with van der Waals surface area (Å²) in [6.07, 6.45) is 0.0872. The van der Waals surface area contributed by atoms with Crippen molar-refractivity contribution in [3.05, 3.63) is 57.0 Å². The number of hydrogen-bond acceptors (Lipinski definition) is 6. The van der Waals surface area contributed by atoms with E-state index < -0.39 is 40.7 Å². The van der Waals surface area contributed by atoms with Crippen LogP contribution in [-0.2, 0) is 17.8 Å². The van der Waals surface area contributed by atoms with Crippen LogP contribution in [0.4, 0.5) is 4.39 Å². The summed E-state index contributed by atoms with van der Waals surface area (Å²) < 4.78 is 20.3. The predicted octanol–water partition coefficient (Wildman–Crippen LogP) is 0.859. The molecule has 2 aromatic rings. The number of hydrogen-bond donors (Lipinski definition) is 3. The Morgan fingerprint density at radius 3 is 2.83 bits per heavy atom. The van der Waals surface area contributed by atoms with Gasteiger partial charge in [0, 0.05) is 19.2 Å². The van der Waals surface area contributed by atoms with Gasteiger partial charge >= 0.3 is 0 Å². The van der Waals surface area contributed by atoms with Crippen molar-refractivity contribution in [2.24, 2.45) is 0 Å². The number of carbonyl (C=O) groups is 2. The van der Waals surface area contributed by atoms with Gasteiger partial charge < -0.3 is 20.5 Å². The molecule has 0 saturated carbocycles. The molecule has 0 saturated heterocycles. The minimum atomic E-state index is -0.796. The predicted molar refractivity (Wildman–Crippen MR) is 100 cm³/mol. The summed E-state index contributed by atoms with van der Waals surface area (Å²) in [7, 11) is 1.41. The van der Waals surface area contributed by atoms with E-state index in [1.54, 1.807) is 0 Å². The molecule has 0 spiro atoms. The normalized spacial score (nSPS) is 15.5. The highest BCUT2D eigenvalue weighted by Crippen LogP contribution is 2.24. The largest absolute Gasteiger partial charge is 0.501 e. The lowest BCUT2D eigenvalue weighted by Crippen LogP contribution is -2.36. The zero-order valence-electron chi connectivity index (χ0n) is 16.0. The van der Waals surface area contributed by atoms with Gasteiger partial charge in [0.2, 0.25) is 5.75 Å². The molecule has 0 radical (unpaired) electrons. The van der Waals surface area contributed by atoms with Crippen LogP contribution >= 0.6 is 0 Å². The van der Waals surface area contributed by atoms with E-state index in [4.69, 9.17) is 4.74 Å². The second-order valence-corrected chi connectivity index (χ2v) is 6.45. The Morgan fingerprint density at radius 1 is 1.38 bits per heavy atom. The number of halogens is 1. The number of benzene rings is 1. The van der Waals surface area contributed by atoms with Crippen molar-refractivity contribution in [2.45, 2.75) is 32.5 Å². The van der Waals surface area contributed by atoms with Crippen LogP contribution in [0.5, 0.6) is 5.75 Å². The SMILES string of the molecule is CCC1OCCn2c1nc(C(=O)NCc1ccc(F)cc1C(=O)NC)c(O)c2=O. The first-order chi connectivity index (χ1) is 13.9. The number of nitrogens with zero attached hydrogens (tertiary/aromatic N) is 2. The van der Waals surface area contributed by atoms with E-state index in [9.17, 15) is 23.9 Å². The first-order valence-electron chi connectivity index (χ1n) is 9.11. The van der Waals surface area contributed by atoms with E-state index in [-0.39, 0.29) is 24.5 Å². The summed E-state index contributed by atoms with van der Waals surface area (Å²) in [5, 5.41) is 15.1. The molecule has 1 atom stereocenters. The average Bonchev–Trinajstić information content (AvgIpc) is 2.73. The molecule has 29 heavy (non-hydrogen) atoms. The van der Waals surface area contributed by atoms with Gasteiger partial charge in [-0.1, -0.05) is 13.0 Å². The fraction of sp³-hybridized carbons (Fsp3) is 0.368.